The summed E-state index contributed by atoms with van der Waals surface area (Å²) in [5, 5.41) is 3.16. The normalized spacial score (nSPS) is 22.0. The molecule has 2 rings (SSSR count). The van der Waals surface area contributed by atoms with E-state index in [-0.39, 0.29) is 12.1 Å². The van der Waals surface area contributed by atoms with Crippen LogP contribution in [0.5, 0.6) is 0 Å². The van der Waals surface area contributed by atoms with Gasteiger partial charge in [-0.2, -0.15) is 0 Å². The Morgan fingerprint density at radius 3 is 2.22 bits per heavy atom. The molecule has 130 valence electrons. The summed E-state index contributed by atoms with van der Waals surface area (Å²) in [6.07, 6.45) is 1.56. The van der Waals surface area contributed by atoms with Crippen LogP contribution in [0.2, 0.25) is 0 Å². The van der Waals surface area contributed by atoms with Gasteiger partial charge in [-0.3, -0.25) is 9.59 Å². The van der Waals surface area contributed by atoms with Crippen molar-refractivity contribution < 1.29 is 19.1 Å². The van der Waals surface area contributed by atoms with Crippen LogP contribution >= 0.6 is 0 Å². The van der Waals surface area contributed by atoms with E-state index in [2.05, 4.69) is 5.32 Å². The largest absolute Gasteiger partial charge is 0.450 e. The zero-order valence-electron chi connectivity index (χ0n) is 13.9. The molecular weight excluding hydrogens is 300 g/mol. The lowest BCUT2D eigenvalue weighted by molar-refractivity contribution is -0.153. The van der Waals surface area contributed by atoms with Crippen molar-refractivity contribution in [3.63, 3.8) is 0 Å². The van der Waals surface area contributed by atoms with E-state index in [1.165, 1.54) is 4.90 Å². The van der Waals surface area contributed by atoms with Crippen LogP contribution < -0.4 is 5.32 Å². The van der Waals surface area contributed by atoms with E-state index in [1.807, 2.05) is 7.05 Å². The van der Waals surface area contributed by atoms with Gasteiger partial charge in [0.25, 0.3) is 0 Å². The molecule has 3 amide bonds. The second-order valence-electron chi connectivity index (χ2n) is 5.86. The highest BCUT2D eigenvalue weighted by atomic mass is 16.6. The predicted octanol–water partition coefficient (Wildman–Crippen LogP) is -0.502. The first kappa shape index (κ1) is 17.5. The first-order valence-electron chi connectivity index (χ1n) is 8.24. The highest BCUT2D eigenvalue weighted by Gasteiger charge is 2.32. The van der Waals surface area contributed by atoms with Crippen molar-refractivity contribution in [2.45, 2.75) is 25.8 Å². The first-order chi connectivity index (χ1) is 11.1. The molecule has 0 aromatic rings. The van der Waals surface area contributed by atoms with Gasteiger partial charge in [0.05, 0.1) is 6.61 Å². The molecule has 0 aromatic heterocycles. The lowest BCUT2D eigenvalue weighted by atomic mass is 10.1. The molecule has 2 aliphatic heterocycles. The molecule has 1 N–H and O–H groups in total. The Morgan fingerprint density at radius 1 is 1.00 bits per heavy atom. The fourth-order valence-corrected chi connectivity index (χ4v) is 2.97. The maximum Gasteiger partial charge on any atom is 0.409 e. The number of rotatable bonds is 2. The molecule has 8 nitrogen and oxygen atoms in total. The molecule has 0 aromatic carbocycles. The summed E-state index contributed by atoms with van der Waals surface area (Å²) in [4.78, 5) is 41.1. The Labute approximate surface area is 136 Å². The van der Waals surface area contributed by atoms with Crippen LogP contribution in [0, 0.1) is 0 Å². The third kappa shape index (κ3) is 4.34. The molecule has 1 atom stereocenters. The van der Waals surface area contributed by atoms with Crippen molar-refractivity contribution in [1.82, 2.24) is 20.0 Å². The van der Waals surface area contributed by atoms with Crippen LogP contribution in [0.4, 0.5) is 4.79 Å². The van der Waals surface area contributed by atoms with Gasteiger partial charge >= 0.3 is 17.9 Å². The van der Waals surface area contributed by atoms with Crippen LogP contribution in [0.25, 0.3) is 0 Å². The zero-order chi connectivity index (χ0) is 16.8. The number of piperazine rings is 1. The number of likely N-dealkylation sites (tertiary alicyclic amines) is 1. The maximum atomic E-state index is 12.4. The maximum absolute atomic E-state index is 12.4. The molecule has 8 heteroatoms. The molecule has 0 aliphatic carbocycles. The van der Waals surface area contributed by atoms with Crippen molar-refractivity contribution in [3.8, 4) is 0 Å². The Kier molecular flexibility index (Phi) is 6.20. The number of nitrogens with zero attached hydrogens (tertiary/aromatic N) is 3. The number of nitrogens with one attached hydrogen (secondary N) is 1. The van der Waals surface area contributed by atoms with Gasteiger partial charge in [-0.15, -0.1) is 0 Å². The minimum atomic E-state index is -0.467. The summed E-state index contributed by atoms with van der Waals surface area (Å²) in [5.74, 6) is -0.903. The number of hydrogen-bond donors (Lipinski definition) is 1. The third-order valence-electron chi connectivity index (χ3n) is 4.39. The van der Waals surface area contributed by atoms with E-state index in [0.29, 0.717) is 45.9 Å². The minimum absolute atomic E-state index is 0.251. The van der Waals surface area contributed by atoms with Gasteiger partial charge in [0.2, 0.25) is 0 Å². The van der Waals surface area contributed by atoms with Gasteiger partial charge in [-0.25, -0.2) is 4.79 Å². The number of amides is 3. The smallest absolute Gasteiger partial charge is 0.409 e. The molecule has 0 radical (unpaired) electrons. The van der Waals surface area contributed by atoms with Gasteiger partial charge < -0.3 is 24.8 Å². The van der Waals surface area contributed by atoms with Crippen molar-refractivity contribution in [1.29, 1.82) is 0 Å². The van der Waals surface area contributed by atoms with Gasteiger partial charge in [0, 0.05) is 45.3 Å². The number of carbonyl (C=O) groups excluding carboxylic acids is 3. The highest BCUT2D eigenvalue weighted by molar-refractivity contribution is 6.34. The Hall–Kier alpha value is -1.83. The van der Waals surface area contributed by atoms with Crippen molar-refractivity contribution in [2.75, 3.05) is 52.9 Å². The SMILES string of the molecule is CCOC(=O)N1CCN(C(=O)C(=O)N2CCCC(NC)C2)CC1. The van der Waals surface area contributed by atoms with Gasteiger partial charge in [0.15, 0.2) is 0 Å². The monoisotopic (exact) mass is 326 g/mol. The number of piperidine rings is 1. The molecule has 2 saturated heterocycles. The van der Waals surface area contributed by atoms with Crippen LogP contribution in [0.1, 0.15) is 19.8 Å². The van der Waals surface area contributed by atoms with E-state index < -0.39 is 11.8 Å². The lowest BCUT2D eigenvalue weighted by Gasteiger charge is -2.36. The van der Waals surface area contributed by atoms with Crippen molar-refractivity contribution in [3.05, 3.63) is 0 Å². The predicted molar refractivity (Wildman–Crippen MR) is 83.8 cm³/mol. The lowest BCUT2D eigenvalue weighted by Crippen LogP contribution is -2.56. The Balaban J connectivity index is 1.84. The topological polar surface area (TPSA) is 82.2 Å². The van der Waals surface area contributed by atoms with Crippen LogP contribution in [-0.2, 0) is 14.3 Å². The third-order valence-corrected chi connectivity index (χ3v) is 4.39. The molecule has 2 fully saturated rings. The summed E-state index contributed by atoms with van der Waals surface area (Å²) in [6.45, 7) is 4.83. The molecule has 0 bridgehead atoms. The standard InChI is InChI=1S/C15H26N4O4/c1-3-23-15(22)18-9-7-17(8-10-18)13(20)14(21)19-6-4-5-12(11-19)16-2/h12,16H,3-11H2,1-2H3. The summed E-state index contributed by atoms with van der Waals surface area (Å²) < 4.78 is 4.95. The average Bonchev–Trinajstić information content (AvgIpc) is 2.60. The second-order valence-corrected chi connectivity index (χ2v) is 5.86. The van der Waals surface area contributed by atoms with Gasteiger partial charge in [0.1, 0.15) is 0 Å². The Bertz CT molecular complexity index is 449. The van der Waals surface area contributed by atoms with Crippen LogP contribution in [0.15, 0.2) is 0 Å². The average molecular weight is 326 g/mol. The highest BCUT2D eigenvalue weighted by Crippen LogP contribution is 2.12. The number of ether oxygens (including phenoxy) is 1. The van der Waals surface area contributed by atoms with E-state index in [4.69, 9.17) is 4.74 Å². The number of carbonyl (C=O) groups is 3. The van der Waals surface area contributed by atoms with Gasteiger partial charge in [-0.05, 0) is 26.8 Å². The van der Waals surface area contributed by atoms with E-state index in [0.717, 1.165) is 12.8 Å². The minimum Gasteiger partial charge on any atom is -0.450 e. The van der Waals surface area contributed by atoms with E-state index >= 15 is 0 Å². The molecule has 2 aliphatic rings. The number of likely N-dealkylation sites (N-methyl/N-ethyl adjacent to an activating group) is 1. The molecule has 23 heavy (non-hydrogen) atoms. The molecule has 0 saturated carbocycles. The second kappa shape index (κ2) is 8.14. The summed E-state index contributed by atoms with van der Waals surface area (Å²) in [5.41, 5.74) is 0. The van der Waals surface area contributed by atoms with Crippen LogP contribution in [-0.4, -0.2) is 91.6 Å². The Morgan fingerprint density at radius 2 is 1.61 bits per heavy atom. The fraction of sp³-hybridized carbons (Fsp3) is 0.800. The quantitative estimate of drug-likeness (QED) is 0.692. The zero-order valence-corrected chi connectivity index (χ0v) is 13.9. The summed E-state index contributed by atoms with van der Waals surface area (Å²) >= 11 is 0. The molecular formula is C15H26N4O4. The van der Waals surface area contributed by atoms with Crippen molar-refractivity contribution in [2.24, 2.45) is 0 Å². The first-order valence-corrected chi connectivity index (χ1v) is 8.24. The molecule has 1 unspecified atom stereocenters. The molecule has 0 spiro atoms. The summed E-state index contributed by atoms with van der Waals surface area (Å²) in [7, 11) is 1.87. The van der Waals surface area contributed by atoms with E-state index in [1.54, 1.807) is 16.7 Å². The van der Waals surface area contributed by atoms with E-state index in [9.17, 15) is 14.4 Å². The van der Waals surface area contributed by atoms with Crippen molar-refractivity contribution >= 4 is 17.9 Å². The summed E-state index contributed by atoms with van der Waals surface area (Å²) in [6, 6.07) is 0.251. The van der Waals surface area contributed by atoms with Gasteiger partial charge in [-0.1, -0.05) is 0 Å². The number of hydrogen-bond acceptors (Lipinski definition) is 5. The van der Waals surface area contributed by atoms with Crippen LogP contribution in [0.3, 0.4) is 0 Å². The fourth-order valence-electron chi connectivity index (χ4n) is 2.97. The molecule has 2 heterocycles.